The summed E-state index contributed by atoms with van der Waals surface area (Å²) >= 11 is 0. The molecule has 0 aliphatic carbocycles. The predicted molar refractivity (Wildman–Crippen MR) is 73.0 cm³/mol. The summed E-state index contributed by atoms with van der Waals surface area (Å²) in [6.07, 6.45) is 1.77. The summed E-state index contributed by atoms with van der Waals surface area (Å²) in [5.41, 5.74) is 2.03. The third kappa shape index (κ3) is 2.68. The molecule has 0 bridgehead atoms. The van der Waals surface area contributed by atoms with Crippen LogP contribution in [0.2, 0.25) is 0 Å². The maximum atomic E-state index is 5.96. The number of ether oxygens (including phenoxy) is 1. The highest BCUT2D eigenvalue weighted by molar-refractivity contribution is 5.40. The minimum atomic E-state index is 0.248. The largest absolute Gasteiger partial charge is 0.455 e. The summed E-state index contributed by atoms with van der Waals surface area (Å²) in [5.74, 6) is 1.67. The van der Waals surface area contributed by atoms with E-state index in [2.05, 4.69) is 23.3 Å². The van der Waals surface area contributed by atoms with Gasteiger partial charge in [-0.3, -0.25) is 4.98 Å². The number of para-hydroxylation sites is 1. The number of pyridine rings is 1. The first-order valence-corrected chi connectivity index (χ1v) is 6.08. The monoisotopic (exact) mass is 242 g/mol. The molecule has 2 rings (SSSR count). The van der Waals surface area contributed by atoms with Gasteiger partial charge in [0.2, 0.25) is 0 Å². The van der Waals surface area contributed by atoms with Gasteiger partial charge in [-0.1, -0.05) is 18.2 Å². The second-order valence-corrected chi connectivity index (χ2v) is 4.24. The van der Waals surface area contributed by atoms with Crippen molar-refractivity contribution in [2.75, 3.05) is 7.05 Å². The molecule has 0 aliphatic rings. The van der Waals surface area contributed by atoms with Gasteiger partial charge in [0.1, 0.15) is 11.5 Å². The van der Waals surface area contributed by atoms with Crippen molar-refractivity contribution < 1.29 is 4.74 Å². The molecule has 0 spiro atoms. The van der Waals surface area contributed by atoms with Crippen molar-refractivity contribution in [2.45, 2.75) is 19.9 Å². The van der Waals surface area contributed by atoms with Gasteiger partial charge in [-0.15, -0.1) is 0 Å². The van der Waals surface area contributed by atoms with E-state index in [0.29, 0.717) is 0 Å². The molecule has 0 radical (unpaired) electrons. The summed E-state index contributed by atoms with van der Waals surface area (Å²) in [6.45, 7) is 4.05. The fourth-order valence-corrected chi connectivity index (χ4v) is 1.78. The molecule has 1 heterocycles. The Morgan fingerprint density at radius 1 is 1.11 bits per heavy atom. The smallest absolute Gasteiger partial charge is 0.148 e. The lowest BCUT2D eigenvalue weighted by atomic mass is 10.1. The van der Waals surface area contributed by atoms with E-state index in [0.717, 1.165) is 22.8 Å². The van der Waals surface area contributed by atoms with E-state index in [1.165, 1.54) is 0 Å². The van der Waals surface area contributed by atoms with E-state index in [-0.39, 0.29) is 6.04 Å². The van der Waals surface area contributed by atoms with E-state index >= 15 is 0 Å². The summed E-state index contributed by atoms with van der Waals surface area (Å²) in [7, 11) is 1.94. The number of benzene rings is 1. The first-order chi connectivity index (χ1) is 8.72. The molecule has 0 amide bonds. The van der Waals surface area contributed by atoms with Crippen LogP contribution in [0.3, 0.4) is 0 Å². The summed E-state index contributed by atoms with van der Waals surface area (Å²) < 4.78 is 5.96. The molecule has 3 heteroatoms. The summed E-state index contributed by atoms with van der Waals surface area (Å²) in [5, 5.41) is 3.23. The van der Waals surface area contributed by atoms with Crippen molar-refractivity contribution in [3.63, 3.8) is 0 Å². The average Bonchev–Trinajstić information content (AvgIpc) is 2.41. The van der Waals surface area contributed by atoms with Crippen molar-refractivity contribution in [1.82, 2.24) is 10.3 Å². The molecule has 18 heavy (non-hydrogen) atoms. The third-order valence-corrected chi connectivity index (χ3v) is 3.00. The van der Waals surface area contributed by atoms with Crippen LogP contribution >= 0.6 is 0 Å². The minimum absolute atomic E-state index is 0.248. The Balaban J connectivity index is 2.32. The van der Waals surface area contributed by atoms with E-state index in [4.69, 9.17) is 4.74 Å². The molecule has 94 valence electrons. The Hall–Kier alpha value is -1.87. The van der Waals surface area contributed by atoms with Gasteiger partial charge in [0.25, 0.3) is 0 Å². The van der Waals surface area contributed by atoms with Gasteiger partial charge in [-0.2, -0.15) is 0 Å². The van der Waals surface area contributed by atoms with Crippen LogP contribution in [0.5, 0.6) is 11.5 Å². The topological polar surface area (TPSA) is 34.1 Å². The number of aromatic nitrogens is 1. The van der Waals surface area contributed by atoms with Crippen molar-refractivity contribution >= 4 is 0 Å². The van der Waals surface area contributed by atoms with Gasteiger partial charge in [-0.05, 0) is 39.1 Å². The van der Waals surface area contributed by atoms with Gasteiger partial charge in [-0.25, -0.2) is 0 Å². The first-order valence-electron chi connectivity index (χ1n) is 6.08. The Bertz CT molecular complexity index is 525. The summed E-state index contributed by atoms with van der Waals surface area (Å²) in [4.78, 5) is 4.23. The molecule has 1 unspecified atom stereocenters. The number of hydrogen-bond donors (Lipinski definition) is 1. The van der Waals surface area contributed by atoms with Crippen molar-refractivity contribution in [2.24, 2.45) is 0 Å². The maximum absolute atomic E-state index is 5.96. The van der Waals surface area contributed by atoms with Gasteiger partial charge < -0.3 is 10.1 Å². The van der Waals surface area contributed by atoms with Crippen LogP contribution in [-0.2, 0) is 0 Å². The normalized spacial score (nSPS) is 12.2. The van der Waals surface area contributed by atoms with Gasteiger partial charge >= 0.3 is 0 Å². The highest BCUT2D eigenvalue weighted by Crippen LogP contribution is 2.30. The van der Waals surface area contributed by atoms with Crippen LogP contribution in [0.4, 0.5) is 0 Å². The predicted octanol–water partition coefficient (Wildman–Crippen LogP) is 3.46. The number of hydrogen-bond acceptors (Lipinski definition) is 3. The van der Waals surface area contributed by atoms with Crippen LogP contribution in [0.15, 0.2) is 42.6 Å². The number of nitrogens with zero attached hydrogens (tertiary/aromatic N) is 1. The Kier molecular flexibility index (Phi) is 3.95. The van der Waals surface area contributed by atoms with Gasteiger partial charge in [0.15, 0.2) is 0 Å². The van der Waals surface area contributed by atoms with E-state index < -0.39 is 0 Å². The highest BCUT2D eigenvalue weighted by Gasteiger charge is 2.10. The van der Waals surface area contributed by atoms with Crippen LogP contribution < -0.4 is 10.1 Å². The molecule has 0 saturated heterocycles. The molecular formula is C15H18N2O. The van der Waals surface area contributed by atoms with Gasteiger partial charge in [0, 0.05) is 17.8 Å². The summed E-state index contributed by atoms with van der Waals surface area (Å²) in [6, 6.07) is 12.1. The van der Waals surface area contributed by atoms with Crippen molar-refractivity contribution in [3.8, 4) is 11.5 Å². The van der Waals surface area contributed by atoms with Crippen LogP contribution in [0.25, 0.3) is 0 Å². The van der Waals surface area contributed by atoms with Crippen molar-refractivity contribution in [1.29, 1.82) is 0 Å². The lowest BCUT2D eigenvalue weighted by molar-refractivity contribution is 0.460. The molecule has 1 N–H and O–H groups in total. The van der Waals surface area contributed by atoms with Crippen molar-refractivity contribution in [3.05, 3.63) is 53.9 Å². The lowest BCUT2D eigenvalue weighted by Crippen LogP contribution is -2.13. The molecule has 0 fully saturated rings. The molecule has 0 aliphatic heterocycles. The highest BCUT2D eigenvalue weighted by atomic mass is 16.5. The molecule has 1 atom stereocenters. The van der Waals surface area contributed by atoms with Gasteiger partial charge in [0.05, 0.1) is 5.69 Å². The molecule has 2 aromatic rings. The molecular weight excluding hydrogens is 224 g/mol. The number of aryl methyl sites for hydroxylation is 1. The zero-order valence-corrected chi connectivity index (χ0v) is 11.0. The Morgan fingerprint density at radius 2 is 1.83 bits per heavy atom. The van der Waals surface area contributed by atoms with E-state index in [9.17, 15) is 0 Å². The molecule has 1 aromatic carbocycles. The zero-order chi connectivity index (χ0) is 13.0. The Labute approximate surface area is 108 Å². The average molecular weight is 242 g/mol. The minimum Gasteiger partial charge on any atom is -0.455 e. The van der Waals surface area contributed by atoms with E-state index in [1.807, 2.05) is 44.3 Å². The van der Waals surface area contributed by atoms with Crippen LogP contribution in [0.1, 0.15) is 24.2 Å². The fourth-order valence-electron chi connectivity index (χ4n) is 1.78. The first kappa shape index (κ1) is 12.6. The second kappa shape index (κ2) is 5.65. The third-order valence-electron chi connectivity index (χ3n) is 3.00. The standard InChI is InChI=1S/C15H18N2O/c1-11(16-3)13-7-4-5-8-15(13)18-14-9-6-10-17-12(14)2/h4-11,16H,1-3H3. The fraction of sp³-hybridized carbons (Fsp3) is 0.267. The van der Waals surface area contributed by atoms with Crippen LogP contribution in [-0.4, -0.2) is 12.0 Å². The van der Waals surface area contributed by atoms with E-state index in [1.54, 1.807) is 6.20 Å². The van der Waals surface area contributed by atoms with Crippen LogP contribution in [0, 0.1) is 6.92 Å². The SMILES string of the molecule is CNC(C)c1ccccc1Oc1cccnc1C. The Morgan fingerprint density at radius 3 is 2.56 bits per heavy atom. The molecule has 3 nitrogen and oxygen atoms in total. The molecule has 1 aromatic heterocycles. The maximum Gasteiger partial charge on any atom is 0.148 e. The molecule has 0 saturated carbocycles. The lowest BCUT2D eigenvalue weighted by Gasteiger charge is -2.16. The zero-order valence-electron chi connectivity index (χ0n) is 11.0. The quantitative estimate of drug-likeness (QED) is 0.891. The number of nitrogens with one attached hydrogen (secondary N) is 1. The second-order valence-electron chi connectivity index (χ2n) is 4.24. The number of rotatable bonds is 4.